The van der Waals surface area contributed by atoms with E-state index in [-0.39, 0.29) is 5.41 Å². The van der Waals surface area contributed by atoms with Crippen molar-refractivity contribution in [3.05, 3.63) is 113 Å². The monoisotopic (exact) mass is 419 g/mol. The van der Waals surface area contributed by atoms with Crippen LogP contribution in [0.15, 0.2) is 79.0 Å². The molecular weight excluding hydrogens is 394 g/mol. The first-order chi connectivity index (χ1) is 15.3. The molecule has 3 heteroatoms. The lowest BCUT2D eigenvalue weighted by Gasteiger charge is -2.36. The van der Waals surface area contributed by atoms with Crippen molar-refractivity contribution in [3.8, 4) is 0 Å². The van der Waals surface area contributed by atoms with E-state index in [9.17, 15) is 9.90 Å². The zero-order valence-electron chi connectivity index (χ0n) is 18.5. The van der Waals surface area contributed by atoms with Crippen molar-refractivity contribution < 1.29 is 9.90 Å². The summed E-state index contributed by atoms with van der Waals surface area (Å²) in [5.41, 5.74) is 8.31. The minimum atomic E-state index is -0.908. The number of pyridine rings is 1. The van der Waals surface area contributed by atoms with Crippen molar-refractivity contribution in [3.63, 3.8) is 0 Å². The van der Waals surface area contributed by atoms with E-state index in [2.05, 4.69) is 61.3 Å². The molecule has 0 saturated carbocycles. The molecule has 1 N–H and O–H groups in total. The van der Waals surface area contributed by atoms with E-state index in [1.54, 1.807) is 12.1 Å². The number of hydrogen-bond donors (Lipinski definition) is 1. The van der Waals surface area contributed by atoms with E-state index in [1.807, 2.05) is 31.3 Å². The van der Waals surface area contributed by atoms with E-state index in [1.165, 1.54) is 33.0 Å². The van der Waals surface area contributed by atoms with Gasteiger partial charge in [-0.15, -0.1) is 0 Å². The molecule has 1 heterocycles. The van der Waals surface area contributed by atoms with Crippen molar-refractivity contribution in [1.29, 1.82) is 0 Å². The van der Waals surface area contributed by atoms with E-state index < -0.39 is 5.97 Å². The van der Waals surface area contributed by atoms with Crippen LogP contribution in [0.25, 0.3) is 21.9 Å². The third-order valence-corrected chi connectivity index (χ3v) is 6.49. The highest BCUT2D eigenvalue weighted by atomic mass is 16.4. The maximum absolute atomic E-state index is 11.4. The quantitative estimate of drug-likeness (QED) is 0.394. The van der Waals surface area contributed by atoms with Gasteiger partial charge in [-0.05, 0) is 87.7 Å². The van der Waals surface area contributed by atoms with Crippen LogP contribution in [0.4, 0.5) is 0 Å². The Labute approximate surface area is 188 Å². The van der Waals surface area contributed by atoms with Gasteiger partial charge in [-0.1, -0.05) is 56.3 Å². The molecule has 0 atom stereocenters. The molecule has 0 aliphatic heterocycles. The van der Waals surface area contributed by atoms with Gasteiger partial charge in [-0.2, -0.15) is 0 Å². The number of aryl methyl sites for hydroxylation is 1. The summed E-state index contributed by atoms with van der Waals surface area (Å²) in [4.78, 5) is 16.0. The maximum Gasteiger partial charge on any atom is 0.335 e. The average Bonchev–Trinajstić information content (AvgIpc) is 2.79. The maximum atomic E-state index is 11.4. The molecule has 0 radical (unpaired) electrons. The molecule has 4 aromatic rings. The topological polar surface area (TPSA) is 50.2 Å². The highest BCUT2D eigenvalue weighted by Gasteiger charge is 2.34. The summed E-state index contributed by atoms with van der Waals surface area (Å²) in [6, 6.07) is 24.6. The molecule has 1 aromatic heterocycles. The van der Waals surface area contributed by atoms with E-state index in [4.69, 9.17) is 0 Å². The third-order valence-electron chi connectivity index (χ3n) is 6.49. The Morgan fingerprint density at radius 1 is 0.906 bits per heavy atom. The molecule has 0 spiro atoms. The molecule has 1 aliphatic carbocycles. The fourth-order valence-corrected chi connectivity index (χ4v) is 4.80. The van der Waals surface area contributed by atoms with Gasteiger partial charge in [0, 0.05) is 17.5 Å². The van der Waals surface area contributed by atoms with Gasteiger partial charge in [0.25, 0.3) is 0 Å². The number of benzene rings is 3. The number of aromatic carboxylic acids is 1. The summed E-state index contributed by atoms with van der Waals surface area (Å²) in [6.07, 6.45) is 2.81. The molecule has 32 heavy (non-hydrogen) atoms. The van der Waals surface area contributed by atoms with E-state index >= 15 is 0 Å². The summed E-state index contributed by atoms with van der Waals surface area (Å²) < 4.78 is 0. The fraction of sp³-hybridized carbons (Fsp3) is 0.172. The SMILES string of the molecule is Cc1ccc(C2=C(c3ccc(C(=O)O)cc3)CC(C)(C)c3cc4ccccc4cc32)cn1. The summed E-state index contributed by atoms with van der Waals surface area (Å²) in [7, 11) is 0. The number of carboxylic acid groups (broad SMARTS) is 1. The van der Waals surface area contributed by atoms with Crippen molar-refractivity contribution >= 4 is 27.9 Å². The van der Waals surface area contributed by atoms with Crippen LogP contribution in [0.3, 0.4) is 0 Å². The van der Waals surface area contributed by atoms with Crippen molar-refractivity contribution in [2.75, 3.05) is 0 Å². The van der Waals surface area contributed by atoms with Gasteiger partial charge in [-0.25, -0.2) is 4.79 Å². The number of rotatable bonds is 3. The van der Waals surface area contributed by atoms with Gasteiger partial charge < -0.3 is 5.11 Å². The first-order valence-corrected chi connectivity index (χ1v) is 10.9. The largest absolute Gasteiger partial charge is 0.478 e. The van der Waals surface area contributed by atoms with Crippen LogP contribution in [-0.4, -0.2) is 16.1 Å². The smallest absolute Gasteiger partial charge is 0.335 e. The fourth-order valence-electron chi connectivity index (χ4n) is 4.80. The minimum absolute atomic E-state index is 0.0677. The first kappa shape index (κ1) is 20.2. The highest BCUT2D eigenvalue weighted by molar-refractivity contribution is 6.04. The Morgan fingerprint density at radius 3 is 2.19 bits per heavy atom. The van der Waals surface area contributed by atoms with Crippen molar-refractivity contribution in [2.24, 2.45) is 0 Å². The second-order valence-electron chi connectivity index (χ2n) is 9.23. The summed E-state index contributed by atoms with van der Waals surface area (Å²) in [5.74, 6) is -0.908. The molecule has 0 fully saturated rings. The third kappa shape index (κ3) is 3.40. The predicted molar refractivity (Wildman–Crippen MR) is 130 cm³/mol. The molecule has 1 aliphatic rings. The lowest BCUT2D eigenvalue weighted by atomic mass is 9.67. The van der Waals surface area contributed by atoms with Crippen LogP contribution < -0.4 is 0 Å². The van der Waals surface area contributed by atoms with Gasteiger partial charge in [0.05, 0.1) is 5.56 Å². The van der Waals surface area contributed by atoms with Crippen LogP contribution in [0.2, 0.25) is 0 Å². The average molecular weight is 420 g/mol. The Bertz CT molecular complexity index is 1380. The van der Waals surface area contributed by atoms with Crippen molar-refractivity contribution in [2.45, 2.75) is 32.6 Å². The number of nitrogens with zero attached hydrogens (tertiary/aromatic N) is 1. The molecule has 3 aromatic carbocycles. The number of carboxylic acids is 1. The number of aromatic nitrogens is 1. The lowest BCUT2D eigenvalue weighted by Crippen LogP contribution is -2.24. The van der Waals surface area contributed by atoms with Gasteiger partial charge in [0.15, 0.2) is 0 Å². The van der Waals surface area contributed by atoms with E-state index in [0.29, 0.717) is 5.56 Å². The van der Waals surface area contributed by atoms with Crippen LogP contribution in [0.5, 0.6) is 0 Å². The van der Waals surface area contributed by atoms with Crippen LogP contribution in [-0.2, 0) is 5.41 Å². The number of fused-ring (bicyclic) bond motifs is 2. The first-order valence-electron chi connectivity index (χ1n) is 10.9. The standard InChI is InChI=1S/C29H25NO2/c1-18-8-9-23(17-30-18)27-24-14-21-6-4-5-7-22(21)15-26(24)29(2,3)16-25(27)19-10-12-20(13-11-19)28(31)32/h4-15,17H,16H2,1-3H3,(H,31,32). The van der Waals surface area contributed by atoms with Gasteiger partial charge >= 0.3 is 5.97 Å². The molecule has 3 nitrogen and oxygen atoms in total. The van der Waals surface area contributed by atoms with Crippen LogP contribution in [0.1, 0.15) is 58.6 Å². The summed E-state index contributed by atoms with van der Waals surface area (Å²) in [6.45, 7) is 6.57. The molecule has 0 bridgehead atoms. The van der Waals surface area contributed by atoms with Gasteiger partial charge in [-0.3, -0.25) is 4.98 Å². The highest BCUT2D eigenvalue weighted by Crippen LogP contribution is 2.49. The van der Waals surface area contributed by atoms with Gasteiger partial charge in [0.1, 0.15) is 0 Å². The summed E-state index contributed by atoms with van der Waals surface area (Å²) in [5, 5.41) is 11.8. The molecule has 0 amide bonds. The molecule has 0 unspecified atom stereocenters. The van der Waals surface area contributed by atoms with Crippen LogP contribution in [0, 0.1) is 6.92 Å². The Balaban J connectivity index is 1.83. The number of carbonyl (C=O) groups is 1. The Morgan fingerprint density at radius 2 is 1.56 bits per heavy atom. The zero-order chi connectivity index (χ0) is 22.5. The van der Waals surface area contributed by atoms with Crippen molar-refractivity contribution in [1.82, 2.24) is 4.98 Å². The lowest BCUT2D eigenvalue weighted by molar-refractivity contribution is 0.0697. The van der Waals surface area contributed by atoms with E-state index in [0.717, 1.165) is 23.2 Å². The minimum Gasteiger partial charge on any atom is -0.478 e. The summed E-state index contributed by atoms with van der Waals surface area (Å²) >= 11 is 0. The molecular formula is C29H25NO2. The Hall–Kier alpha value is -3.72. The second-order valence-corrected chi connectivity index (χ2v) is 9.23. The van der Waals surface area contributed by atoms with Gasteiger partial charge in [0.2, 0.25) is 0 Å². The molecule has 5 rings (SSSR count). The molecule has 0 saturated heterocycles. The molecule has 158 valence electrons. The number of allylic oxidation sites excluding steroid dienone is 1. The zero-order valence-corrected chi connectivity index (χ0v) is 18.5. The second kappa shape index (κ2) is 7.45. The normalized spacial score (nSPS) is 15.0. The Kier molecular flexibility index (Phi) is 4.70. The van der Waals surface area contributed by atoms with Crippen LogP contribution >= 0.6 is 0 Å². The number of hydrogen-bond acceptors (Lipinski definition) is 2. The predicted octanol–water partition coefficient (Wildman–Crippen LogP) is 6.88.